The number of unbranched alkanes of at least 4 members (excludes halogenated alkanes) is 4. The van der Waals surface area contributed by atoms with E-state index in [1.807, 2.05) is 12.1 Å². The first-order valence-corrected chi connectivity index (χ1v) is 8.85. The van der Waals surface area contributed by atoms with Crippen LogP contribution in [-0.2, 0) is 6.42 Å². The standard InChI is InChI=1S/C20H23FN2O3/c1-2-3-4-5-6-7-15-8-10-16(11-9-15)20(24)22-17-12-13-18(21)19(14-17)23(25)26/h8-14H,2-7H2,1H3,(H,22,24). The van der Waals surface area contributed by atoms with E-state index in [1.165, 1.54) is 37.3 Å². The van der Waals surface area contributed by atoms with Crippen molar-refractivity contribution in [2.24, 2.45) is 0 Å². The molecule has 0 spiro atoms. The van der Waals surface area contributed by atoms with Crippen LogP contribution in [0.4, 0.5) is 15.8 Å². The molecule has 0 aromatic heterocycles. The Morgan fingerprint density at radius 1 is 1.08 bits per heavy atom. The van der Waals surface area contributed by atoms with Gasteiger partial charge in [-0.05, 0) is 42.7 Å². The molecule has 5 nitrogen and oxygen atoms in total. The molecular formula is C20H23FN2O3. The molecule has 0 fully saturated rings. The molecule has 2 aromatic carbocycles. The molecule has 0 aliphatic heterocycles. The van der Waals surface area contributed by atoms with Crippen LogP contribution in [-0.4, -0.2) is 10.8 Å². The molecule has 138 valence electrons. The smallest absolute Gasteiger partial charge is 0.306 e. The number of nitro benzene ring substituents is 1. The van der Waals surface area contributed by atoms with Gasteiger partial charge in [0, 0.05) is 17.3 Å². The van der Waals surface area contributed by atoms with Crippen molar-refractivity contribution in [1.29, 1.82) is 0 Å². The lowest BCUT2D eigenvalue weighted by molar-refractivity contribution is -0.387. The molecule has 26 heavy (non-hydrogen) atoms. The Hall–Kier alpha value is -2.76. The summed E-state index contributed by atoms with van der Waals surface area (Å²) in [5.41, 5.74) is 1.14. The van der Waals surface area contributed by atoms with Crippen LogP contribution in [0, 0.1) is 15.9 Å². The summed E-state index contributed by atoms with van der Waals surface area (Å²) < 4.78 is 13.3. The first-order chi connectivity index (χ1) is 12.5. The summed E-state index contributed by atoms with van der Waals surface area (Å²) in [5, 5.41) is 13.3. The van der Waals surface area contributed by atoms with Crippen molar-refractivity contribution in [2.75, 3.05) is 5.32 Å². The first kappa shape index (κ1) is 19.6. The van der Waals surface area contributed by atoms with Gasteiger partial charge < -0.3 is 5.32 Å². The SMILES string of the molecule is CCCCCCCc1ccc(C(=O)Nc2ccc(F)c([N+](=O)[O-])c2)cc1. The minimum atomic E-state index is -0.934. The van der Waals surface area contributed by atoms with E-state index in [0.717, 1.165) is 25.0 Å². The topological polar surface area (TPSA) is 72.2 Å². The Morgan fingerprint density at radius 3 is 2.42 bits per heavy atom. The van der Waals surface area contributed by atoms with Gasteiger partial charge in [0.1, 0.15) is 0 Å². The second kappa shape index (κ2) is 9.65. The fraction of sp³-hybridized carbons (Fsp3) is 0.350. The molecule has 0 aliphatic rings. The Bertz CT molecular complexity index is 760. The summed E-state index contributed by atoms with van der Waals surface area (Å²) >= 11 is 0. The predicted molar refractivity (Wildman–Crippen MR) is 99.9 cm³/mol. The second-order valence-corrected chi connectivity index (χ2v) is 6.24. The molecule has 0 radical (unpaired) electrons. The van der Waals surface area contributed by atoms with Gasteiger partial charge in [0.05, 0.1) is 4.92 Å². The summed E-state index contributed by atoms with van der Waals surface area (Å²) in [6.07, 6.45) is 7.06. The number of amides is 1. The summed E-state index contributed by atoms with van der Waals surface area (Å²) in [5.74, 6) is -1.32. The molecule has 0 unspecified atom stereocenters. The highest BCUT2D eigenvalue weighted by Crippen LogP contribution is 2.22. The summed E-state index contributed by atoms with van der Waals surface area (Å²) in [4.78, 5) is 22.2. The number of carbonyl (C=O) groups excluding carboxylic acids is 1. The number of benzene rings is 2. The number of carbonyl (C=O) groups is 1. The van der Waals surface area contributed by atoms with E-state index in [2.05, 4.69) is 12.2 Å². The van der Waals surface area contributed by atoms with Gasteiger partial charge in [-0.15, -0.1) is 0 Å². The van der Waals surface area contributed by atoms with Gasteiger partial charge >= 0.3 is 5.69 Å². The first-order valence-electron chi connectivity index (χ1n) is 8.85. The highest BCUT2D eigenvalue weighted by atomic mass is 19.1. The molecule has 2 rings (SSSR count). The molecule has 0 saturated heterocycles. The van der Waals surface area contributed by atoms with Crippen molar-refractivity contribution in [2.45, 2.75) is 45.4 Å². The number of rotatable bonds is 9. The van der Waals surface area contributed by atoms with Gasteiger partial charge in [-0.25, -0.2) is 0 Å². The van der Waals surface area contributed by atoms with Crippen LogP contribution in [0.1, 0.15) is 54.9 Å². The second-order valence-electron chi connectivity index (χ2n) is 6.24. The number of aryl methyl sites for hydroxylation is 1. The summed E-state index contributed by atoms with van der Waals surface area (Å²) in [6.45, 7) is 2.19. The van der Waals surface area contributed by atoms with Crippen LogP contribution >= 0.6 is 0 Å². The van der Waals surface area contributed by atoms with E-state index in [1.54, 1.807) is 12.1 Å². The molecule has 1 N–H and O–H groups in total. The minimum absolute atomic E-state index is 0.183. The lowest BCUT2D eigenvalue weighted by atomic mass is 10.0. The third kappa shape index (κ3) is 5.65. The molecule has 2 aromatic rings. The van der Waals surface area contributed by atoms with Crippen molar-refractivity contribution in [3.63, 3.8) is 0 Å². The van der Waals surface area contributed by atoms with Gasteiger partial charge in [-0.2, -0.15) is 4.39 Å². The number of nitrogens with zero attached hydrogens (tertiary/aromatic N) is 1. The van der Waals surface area contributed by atoms with Crippen LogP contribution < -0.4 is 5.32 Å². The largest absolute Gasteiger partial charge is 0.322 e. The van der Waals surface area contributed by atoms with E-state index in [4.69, 9.17) is 0 Å². The van der Waals surface area contributed by atoms with E-state index in [0.29, 0.717) is 5.56 Å². The van der Waals surface area contributed by atoms with Gasteiger partial charge in [-0.3, -0.25) is 14.9 Å². The maximum atomic E-state index is 13.3. The Labute approximate surface area is 152 Å². The molecular weight excluding hydrogens is 335 g/mol. The summed E-state index contributed by atoms with van der Waals surface area (Å²) in [7, 11) is 0. The monoisotopic (exact) mass is 358 g/mol. The van der Waals surface area contributed by atoms with Crippen molar-refractivity contribution >= 4 is 17.3 Å². The zero-order valence-electron chi connectivity index (χ0n) is 14.8. The van der Waals surface area contributed by atoms with Crippen LogP contribution in [0.3, 0.4) is 0 Å². The average molecular weight is 358 g/mol. The van der Waals surface area contributed by atoms with Gasteiger partial charge in [-0.1, -0.05) is 44.7 Å². The molecule has 0 bridgehead atoms. The third-order valence-corrected chi connectivity index (χ3v) is 4.19. The Morgan fingerprint density at radius 2 is 1.77 bits per heavy atom. The molecule has 0 saturated carbocycles. The zero-order valence-corrected chi connectivity index (χ0v) is 14.8. The zero-order chi connectivity index (χ0) is 18.9. The van der Waals surface area contributed by atoms with Gasteiger partial charge in [0.2, 0.25) is 5.82 Å². The van der Waals surface area contributed by atoms with Crippen LogP contribution in [0.15, 0.2) is 42.5 Å². The number of nitro groups is 1. The summed E-state index contributed by atoms with van der Waals surface area (Å²) in [6, 6.07) is 10.6. The van der Waals surface area contributed by atoms with Crippen molar-refractivity contribution in [3.05, 3.63) is 69.5 Å². The van der Waals surface area contributed by atoms with Crippen molar-refractivity contribution in [1.82, 2.24) is 0 Å². The number of halogens is 1. The lowest BCUT2D eigenvalue weighted by Gasteiger charge is -2.07. The van der Waals surface area contributed by atoms with Crippen LogP contribution in [0.2, 0.25) is 0 Å². The highest BCUT2D eigenvalue weighted by Gasteiger charge is 2.15. The van der Waals surface area contributed by atoms with Crippen molar-refractivity contribution < 1.29 is 14.1 Å². The fourth-order valence-corrected chi connectivity index (χ4v) is 2.69. The van der Waals surface area contributed by atoms with Crippen LogP contribution in [0.5, 0.6) is 0 Å². The average Bonchev–Trinajstić information content (AvgIpc) is 2.63. The Balaban J connectivity index is 1.93. The van der Waals surface area contributed by atoms with Crippen molar-refractivity contribution in [3.8, 4) is 0 Å². The maximum absolute atomic E-state index is 13.3. The Kier molecular flexibility index (Phi) is 7.26. The minimum Gasteiger partial charge on any atom is -0.322 e. The van der Waals surface area contributed by atoms with E-state index >= 15 is 0 Å². The number of hydrogen-bond donors (Lipinski definition) is 1. The maximum Gasteiger partial charge on any atom is 0.306 e. The number of nitrogens with one attached hydrogen (secondary N) is 1. The molecule has 6 heteroatoms. The van der Waals surface area contributed by atoms with E-state index < -0.39 is 16.4 Å². The molecule has 0 aliphatic carbocycles. The fourth-order valence-electron chi connectivity index (χ4n) is 2.69. The quantitative estimate of drug-likeness (QED) is 0.365. The van der Waals surface area contributed by atoms with E-state index in [-0.39, 0.29) is 11.6 Å². The normalized spacial score (nSPS) is 10.5. The third-order valence-electron chi connectivity index (χ3n) is 4.19. The molecule has 1 amide bonds. The van der Waals surface area contributed by atoms with Gasteiger partial charge in [0.15, 0.2) is 0 Å². The predicted octanol–water partition coefficient (Wildman–Crippen LogP) is 5.50. The number of hydrogen-bond acceptors (Lipinski definition) is 3. The number of anilines is 1. The van der Waals surface area contributed by atoms with Crippen LogP contribution in [0.25, 0.3) is 0 Å². The lowest BCUT2D eigenvalue weighted by Crippen LogP contribution is -2.12. The van der Waals surface area contributed by atoms with Gasteiger partial charge in [0.25, 0.3) is 5.91 Å². The molecule has 0 heterocycles. The van der Waals surface area contributed by atoms with E-state index in [9.17, 15) is 19.3 Å². The highest BCUT2D eigenvalue weighted by molar-refractivity contribution is 6.04. The molecule has 0 atom stereocenters.